The summed E-state index contributed by atoms with van der Waals surface area (Å²) < 4.78 is 27.2. The molecular weight excluding hydrogens is 346 g/mol. The molecule has 1 aliphatic rings. The molecule has 0 aromatic carbocycles. The van der Waals surface area contributed by atoms with Crippen molar-refractivity contribution in [3.63, 3.8) is 0 Å². The van der Waals surface area contributed by atoms with Crippen molar-refractivity contribution in [2.45, 2.75) is 43.4 Å². The fourth-order valence-electron chi connectivity index (χ4n) is 2.69. The van der Waals surface area contributed by atoms with Crippen molar-refractivity contribution in [3.8, 4) is 0 Å². The second-order valence-corrected chi connectivity index (χ2v) is 9.98. The zero-order valence-electron chi connectivity index (χ0n) is 14.5. The molecule has 0 bridgehead atoms. The van der Waals surface area contributed by atoms with Crippen molar-refractivity contribution in [1.29, 1.82) is 0 Å². The maximum atomic E-state index is 12.7. The van der Waals surface area contributed by atoms with Crippen LogP contribution in [0.2, 0.25) is 0 Å². The van der Waals surface area contributed by atoms with Gasteiger partial charge in [0.1, 0.15) is 4.21 Å². The van der Waals surface area contributed by atoms with Gasteiger partial charge in [-0.25, -0.2) is 8.42 Å². The van der Waals surface area contributed by atoms with Gasteiger partial charge in [-0.1, -0.05) is 13.8 Å². The van der Waals surface area contributed by atoms with Gasteiger partial charge >= 0.3 is 0 Å². The van der Waals surface area contributed by atoms with Crippen molar-refractivity contribution in [3.05, 3.63) is 17.0 Å². The molecular formula is C16H27N3O3S2. The van der Waals surface area contributed by atoms with Crippen LogP contribution in [-0.2, 0) is 21.2 Å². The van der Waals surface area contributed by atoms with E-state index in [2.05, 4.69) is 10.6 Å². The van der Waals surface area contributed by atoms with E-state index in [9.17, 15) is 13.2 Å². The molecule has 2 rings (SSSR count). The zero-order valence-corrected chi connectivity index (χ0v) is 16.2. The zero-order chi connectivity index (χ0) is 17.7. The highest BCUT2D eigenvalue weighted by Gasteiger charge is 2.30. The summed E-state index contributed by atoms with van der Waals surface area (Å²) in [5.41, 5.74) is 0. The second-order valence-electron chi connectivity index (χ2n) is 6.59. The Labute approximate surface area is 148 Å². The number of rotatable bonds is 8. The third-order valence-corrected chi connectivity index (χ3v) is 7.63. The number of nitrogens with zero attached hydrogens (tertiary/aromatic N) is 1. The molecule has 24 heavy (non-hydrogen) atoms. The summed E-state index contributed by atoms with van der Waals surface area (Å²) in [6.45, 7) is 6.11. The van der Waals surface area contributed by atoms with Gasteiger partial charge in [0, 0.05) is 37.5 Å². The monoisotopic (exact) mass is 373 g/mol. The van der Waals surface area contributed by atoms with Crippen molar-refractivity contribution >= 4 is 27.3 Å². The third kappa shape index (κ3) is 5.02. The van der Waals surface area contributed by atoms with E-state index < -0.39 is 10.0 Å². The minimum Gasteiger partial charge on any atom is -0.356 e. The summed E-state index contributed by atoms with van der Waals surface area (Å²) in [5.74, 6) is 0.381. The normalized spacial score (nSPS) is 18.5. The first-order valence-electron chi connectivity index (χ1n) is 8.35. The Hall–Kier alpha value is -0.960. The minimum atomic E-state index is -3.43. The Balaban J connectivity index is 1.91. The van der Waals surface area contributed by atoms with Crippen LogP contribution in [-0.4, -0.2) is 51.4 Å². The van der Waals surface area contributed by atoms with Gasteiger partial charge in [-0.05, 0) is 37.4 Å². The highest BCUT2D eigenvalue weighted by molar-refractivity contribution is 7.91. The number of amides is 1. The molecule has 0 saturated carbocycles. The van der Waals surface area contributed by atoms with E-state index in [0.29, 0.717) is 36.1 Å². The average Bonchev–Trinajstić information content (AvgIpc) is 3.17. The molecule has 1 unspecified atom stereocenters. The predicted octanol–water partition coefficient (Wildman–Crippen LogP) is 1.44. The highest BCUT2D eigenvalue weighted by Crippen LogP contribution is 2.26. The van der Waals surface area contributed by atoms with Crippen LogP contribution in [0.1, 0.15) is 31.6 Å². The molecule has 0 radical (unpaired) electrons. The number of nitrogens with one attached hydrogen (secondary N) is 2. The van der Waals surface area contributed by atoms with Gasteiger partial charge < -0.3 is 10.6 Å². The Kier molecular flexibility index (Phi) is 6.79. The molecule has 6 nitrogen and oxygen atoms in total. The summed E-state index contributed by atoms with van der Waals surface area (Å²) in [4.78, 5) is 12.6. The fraction of sp³-hybridized carbons (Fsp3) is 0.688. The van der Waals surface area contributed by atoms with Crippen LogP contribution in [0.5, 0.6) is 0 Å². The molecule has 1 aromatic rings. The van der Waals surface area contributed by atoms with Gasteiger partial charge in [0.2, 0.25) is 5.91 Å². The fourth-order valence-corrected chi connectivity index (χ4v) is 5.61. The van der Waals surface area contributed by atoms with E-state index in [-0.39, 0.29) is 11.9 Å². The Morgan fingerprint density at radius 1 is 1.46 bits per heavy atom. The van der Waals surface area contributed by atoms with E-state index in [1.807, 2.05) is 19.9 Å². The molecule has 0 spiro atoms. The van der Waals surface area contributed by atoms with E-state index >= 15 is 0 Å². The molecule has 1 aliphatic heterocycles. The van der Waals surface area contributed by atoms with Gasteiger partial charge in [0.25, 0.3) is 10.0 Å². The molecule has 136 valence electrons. The van der Waals surface area contributed by atoms with Gasteiger partial charge in [0.15, 0.2) is 0 Å². The van der Waals surface area contributed by atoms with Crippen LogP contribution in [0.4, 0.5) is 0 Å². The van der Waals surface area contributed by atoms with Crippen LogP contribution >= 0.6 is 11.3 Å². The largest absolute Gasteiger partial charge is 0.356 e. The number of carbonyl (C=O) groups excluding carboxylic acids is 1. The molecule has 1 amide bonds. The Bertz CT molecular complexity index is 649. The third-order valence-electron chi connectivity index (χ3n) is 4.11. The number of hydrogen-bond donors (Lipinski definition) is 2. The minimum absolute atomic E-state index is 0.0240. The topological polar surface area (TPSA) is 78.5 Å². The molecule has 2 N–H and O–H groups in total. The summed E-state index contributed by atoms with van der Waals surface area (Å²) >= 11 is 1.29. The smallest absolute Gasteiger partial charge is 0.252 e. The number of carbonyl (C=O) groups is 1. The summed E-state index contributed by atoms with van der Waals surface area (Å²) in [5, 5.41) is 6.07. The first kappa shape index (κ1) is 19.4. The number of likely N-dealkylation sites (N-methyl/N-ethyl adjacent to an activating group) is 1. The Morgan fingerprint density at radius 2 is 2.21 bits per heavy atom. The molecule has 1 fully saturated rings. The molecule has 1 atom stereocenters. The van der Waals surface area contributed by atoms with Crippen LogP contribution in [0, 0.1) is 5.92 Å². The molecule has 0 aliphatic carbocycles. The lowest BCUT2D eigenvalue weighted by atomic mass is 10.1. The highest BCUT2D eigenvalue weighted by atomic mass is 32.2. The second kappa shape index (κ2) is 8.42. The van der Waals surface area contributed by atoms with E-state index in [1.54, 1.807) is 13.1 Å². The quantitative estimate of drug-likeness (QED) is 0.723. The number of sulfonamides is 1. The molecule has 1 saturated heterocycles. The number of thiophene rings is 1. The first-order chi connectivity index (χ1) is 11.3. The summed E-state index contributed by atoms with van der Waals surface area (Å²) in [6.07, 6.45) is 2.01. The predicted molar refractivity (Wildman–Crippen MR) is 96.7 cm³/mol. The van der Waals surface area contributed by atoms with Crippen molar-refractivity contribution < 1.29 is 13.2 Å². The molecule has 1 aromatic heterocycles. The first-order valence-corrected chi connectivity index (χ1v) is 10.6. The van der Waals surface area contributed by atoms with Gasteiger partial charge in [-0.2, -0.15) is 4.31 Å². The van der Waals surface area contributed by atoms with Crippen molar-refractivity contribution in [2.75, 3.05) is 26.7 Å². The van der Waals surface area contributed by atoms with Gasteiger partial charge in [0.05, 0.1) is 0 Å². The lowest BCUT2D eigenvalue weighted by Gasteiger charge is -2.22. The summed E-state index contributed by atoms with van der Waals surface area (Å²) in [6, 6.07) is 3.53. The van der Waals surface area contributed by atoms with E-state index in [0.717, 1.165) is 17.8 Å². The van der Waals surface area contributed by atoms with E-state index in [1.165, 1.54) is 15.6 Å². The lowest BCUT2D eigenvalue weighted by molar-refractivity contribution is -0.121. The summed E-state index contributed by atoms with van der Waals surface area (Å²) in [7, 11) is -1.78. The van der Waals surface area contributed by atoms with E-state index in [4.69, 9.17) is 0 Å². The molecule has 8 heteroatoms. The van der Waals surface area contributed by atoms with Crippen molar-refractivity contribution in [2.24, 2.45) is 5.92 Å². The average molecular weight is 374 g/mol. The van der Waals surface area contributed by atoms with Crippen LogP contribution in [0.25, 0.3) is 0 Å². The number of hydrogen-bond acceptors (Lipinski definition) is 5. The van der Waals surface area contributed by atoms with Crippen LogP contribution in [0.3, 0.4) is 0 Å². The van der Waals surface area contributed by atoms with Crippen molar-refractivity contribution in [1.82, 2.24) is 14.9 Å². The SMILES string of the molecule is CC(C)CC(=O)NCCc1ccc(S(=O)(=O)N(C)C2CCNC2)s1. The van der Waals surface area contributed by atoms with Gasteiger partial charge in [-0.3, -0.25) is 4.79 Å². The van der Waals surface area contributed by atoms with Gasteiger partial charge in [-0.15, -0.1) is 11.3 Å². The van der Waals surface area contributed by atoms with Crippen LogP contribution < -0.4 is 10.6 Å². The maximum absolute atomic E-state index is 12.7. The van der Waals surface area contributed by atoms with Crippen LogP contribution in [0.15, 0.2) is 16.3 Å². The Morgan fingerprint density at radius 3 is 2.83 bits per heavy atom. The standard InChI is InChI=1S/C16H27N3O3S2/c1-12(2)10-15(20)18-9-7-14-4-5-16(23-14)24(21,22)19(3)13-6-8-17-11-13/h4-5,12-13,17H,6-11H2,1-3H3,(H,18,20). The molecule has 2 heterocycles. The lowest BCUT2D eigenvalue weighted by Crippen LogP contribution is -2.37. The maximum Gasteiger partial charge on any atom is 0.252 e.